The standard InChI is InChI=1S/C21H19N3O/c1-14-17(16-9-3-4-11-19(16)24(14)2)13-20(25)23-18-10-5-7-15-8-6-12-22-21(15)18/h3-12H,13H2,1-2H3,(H,23,25). The zero-order chi connectivity index (χ0) is 17.4. The predicted molar refractivity (Wildman–Crippen MR) is 102 cm³/mol. The van der Waals surface area contributed by atoms with Crippen molar-refractivity contribution in [1.29, 1.82) is 0 Å². The van der Waals surface area contributed by atoms with Crippen molar-refractivity contribution in [2.45, 2.75) is 13.3 Å². The molecule has 0 fully saturated rings. The van der Waals surface area contributed by atoms with Crippen molar-refractivity contribution in [3.05, 3.63) is 72.1 Å². The molecule has 124 valence electrons. The van der Waals surface area contributed by atoms with Gasteiger partial charge >= 0.3 is 0 Å². The van der Waals surface area contributed by atoms with Crippen molar-refractivity contribution >= 4 is 33.4 Å². The van der Waals surface area contributed by atoms with Crippen LogP contribution in [0, 0.1) is 6.92 Å². The molecule has 4 nitrogen and oxygen atoms in total. The Kier molecular flexibility index (Phi) is 3.73. The van der Waals surface area contributed by atoms with E-state index in [0.29, 0.717) is 6.42 Å². The number of nitrogens with one attached hydrogen (secondary N) is 1. The molecule has 25 heavy (non-hydrogen) atoms. The van der Waals surface area contributed by atoms with Gasteiger partial charge in [-0.05, 0) is 30.7 Å². The van der Waals surface area contributed by atoms with E-state index in [1.807, 2.05) is 49.5 Å². The molecule has 0 aliphatic rings. The topological polar surface area (TPSA) is 46.9 Å². The summed E-state index contributed by atoms with van der Waals surface area (Å²) in [5, 5.41) is 5.17. The summed E-state index contributed by atoms with van der Waals surface area (Å²) >= 11 is 0. The van der Waals surface area contributed by atoms with E-state index in [4.69, 9.17) is 0 Å². The number of benzene rings is 2. The Morgan fingerprint density at radius 2 is 1.88 bits per heavy atom. The lowest BCUT2D eigenvalue weighted by Crippen LogP contribution is -2.15. The molecule has 0 saturated carbocycles. The highest BCUT2D eigenvalue weighted by Gasteiger charge is 2.15. The molecule has 0 unspecified atom stereocenters. The first-order chi connectivity index (χ1) is 12.1. The van der Waals surface area contributed by atoms with Gasteiger partial charge in [0.2, 0.25) is 5.91 Å². The van der Waals surface area contributed by atoms with Gasteiger partial charge in [0.1, 0.15) is 0 Å². The number of anilines is 1. The zero-order valence-corrected chi connectivity index (χ0v) is 14.3. The molecular formula is C21H19N3O. The van der Waals surface area contributed by atoms with E-state index in [1.54, 1.807) is 6.20 Å². The average Bonchev–Trinajstić information content (AvgIpc) is 2.87. The van der Waals surface area contributed by atoms with E-state index in [9.17, 15) is 4.79 Å². The summed E-state index contributed by atoms with van der Waals surface area (Å²) in [5.41, 5.74) is 4.90. The van der Waals surface area contributed by atoms with Crippen molar-refractivity contribution in [2.24, 2.45) is 7.05 Å². The summed E-state index contributed by atoms with van der Waals surface area (Å²) in [7, 11) is 2.04. The van der Waals surface area contributed by atoms with Crippen molar-refractivity contribution in [3.8, 4) is 0 Å². The van der Waals surface area contributed by atoms with Gasteiger partial charge in [-0.25, -0.2) is 0 Å². The lowest BCUT2D eigenvalue weighted by molar-refractivity contribution is -0.115. The van der Waals surface area contributed by atoms with Gasteiger partial charge in [0.15, 0.2) is 0 Å². The number of aromatic nitrogens is 2. The van der Waals surface area contributed by atoms with Gasteiger partial charge in [0, 0.05) is 35.2 Å². The monoisotopic (exact) mass is 329 g/mol. The number of hydrogen-bond donors (Lipinski definition) is 1. The van der Waals surface area contributed by atoms with Crippen LogP contribution in [0.15, 0.2) is 60.8 Å². The van der Waals surface area contributed by atoms with Crippen molar-refractivity contribution in [3.63, 3.8) is 0 Å². The quantitative estimate of drug-likeness (QED) is 0.612. The number of carbonyl (C=O) groups excluding carboxylic acids is 1. The maximum atomic E-state index is 12.7. The molecule has 1 amide bonds. The maximum absolute atomic E-state index is 12.7. The van der Waals surface area contributed by atoms with E-state index in [0.717, 1.165) is 38.8 Å². The van der Waals surface area contributed by atoms with Crippen molar-refractivity contribution < 1.29 is 4.79 Å². The van der Waals surface area contributed by atoms with Gasteiger partial charge < -0.3 is 9.88 Å². The van der Waals surface area contributed by atoms with Crippen LogP contribution in [0.25, 0.3) is 21.8 Å². The molecule has 0 aliphatic carbocycles. The minimum absolute atomic E-state index is 0.0300. The van der Waals surface area contributed by atoms with E-state index < -0.39 is 0 Å². The van der Waals surface area contributed by atoms with Crippen molar-refractivity contribution in [1.82, 2.24) is 9.55 Å². The second-order valence-corrected chi connectivity index (χ2v) is 6.25. The number of para-hydroxylation sites is 2. The van der Waals surface area contributed by atoms with Crippen LogP contribution in [-0.2, 0) is 18.3 Å². The molecule has 0 atom stereocenters. The Balaban J connectivity index is 1.66. The molecule has 1 N–H and O–H groups in total. The second kappa shape index (κ2) is 6.06. The molecular weight excluding hydrogens is 310 g/mol. The van der Waals surface area contributed by atoms with Gasteiger partial charge in [-0.1, -0.05) is 36.4 Å². The van der Waals surface area contributed by atoms with Gasteiger partial charge in [-0.2, -0.15) is 0 Å². The molecule has 4 heteroatoms. The molecule has 0 spiro atoms. The molecule has 2 aromatic carbocycles. The lowest BCUT2D eigenvalue weighted by Gasteiger charge is -2.08. The number of carbonyl (C=O) groups is 1. The number of pyridine rings is 1. The second-order valence-electron chi connectivity index (χ2n) is 6.25. The van der Waals surface area contributed by atoms with Crippen LogP contribution in [0.1, 0.15) is 11.3 Å². The Morgan fingerprint density at radius 3 is 2.76 bits per heavy atom. The normalized spacial score (nSPS) is 11.1. The third kappa shape index (κ3) is 2.66. The third-order valence-electron chi connectivity index (χ3n) is 4.77. The first-order valence-electron chi connectivity index (χ1n) is 8.31. The molecule has 2 aromatic heterocycles. The third-order valence-corrected chi connectivity index (χ3v) is 4.77. The van der Waals surface area contributed by atoms with Gasteiger partial charge in [-0.15, -0.1) is 0 Å². The molecule has 0 saturated heterocycles. The number of rotatable bonds is 3. The highest BCUT2D eigenvalue weighted by atomic mass is 16.1. The molecule has 2 heterocycles. The summed E-state index contributed by atoms with van der Waals surface area (Å²) in [5.74, 6) is -0.0300. The Labute approximate surface area is 146 Å². The lowest BCUT2D eigenvalue weighted by atomic mass is 10.1. The first kappa shape index (κ1) is 15.4. The summed E-state index contributed by atoms with van der Waals surface area (Å²) in [6.45, 7) is 2.06. The Morgan fingerprint density at radius 1 is 1.08 bits per heavy atom. The molecule has 0 aliphatic heterocycles. The van der Waals surface area contributed by atoms with Crippen LogP contribution in [0.5, 0.6) is 0 Å². The van der Waals surface area contributed by atoms with Crippen LogP contribution in [0.4, 0.5) is 5.69 Å². The average molecular weight is 329 g/mol. The van der Waals surface area contributed by atoms with Gasteiger partial charge in [0.25, 0.3) is 0 Å². The number of aryl methyl sites for hydroxylation is 1. The minimum atomic E-state index is -0.0300. The summed E-state index contributed by atoms with van der Waals surface area (Å²) in [4.78, 5) is 17.1. The fraction of sp³-hybridized carbons (Fsp3) is 0.143. The predicted octanol–water partition coefficient (Wildman–Crippen LogP) is 4.22. The highest BCUT2D eigenvalue weighted by Crippen LogP contribution is 2.26. The van der Waals surface area contributed by atoms with Gasteiger partial charge in [0.05, 0.1) is 17.6 Å². The number of amides is 1. The Bertz CT molecular complexity index is 1090. The largest absolute Gasteiger partial charge is 0.348 e. The van der Waals surface area contributed by atoms with Crippen LogP contribution in [-0.4, -0.2) is 15.5 Å². The van der Waals surface area contributed by atoms with Crippen LogP contribution in [0.2, 0.25) is 0 Å². The minimum Gasteiger partial charge on any atom is -0.348 e. The SMILES string of the molecule is Cc1c(CC(=O)Nc2cccc3cccnc23)c2ccccc2n1C. The molecule has 4 rings (SSSR count). The molecule has 0 radical (unpaired) electrons. The van der Waals surface area contributed by atoms with E-state index in [-0.39, 0.29) is 5.91 Å². The van der Waals surface area contributed by atoms with E-state index >= 15 is 0 Å². The van der Waals surface area contributed by atoms with E-state index in [1.165, 1.54) is 0 Å². The number of hydrogen-bond acceptors (Lipinski definition) is 2. The summed E-state index contributed by atoms with van der Waals surface area (Å²) in [6.07, 6.45) is 2.09. The maximum Gasteiger partial charge on any atom is 0.228 e. The van der Waals surface area contributed by atoms with Crippen LogP contribution in [0.3, 0.4) is 0 Å². The number of fused-ring (bicyclic) bond motifs is 2. The smallest absolute Gasteiger partial charge is 0.228 e. The van der Waals surface area contributed by atoms with Gasteiger partial charge in [-0.3, -0.25) is 9.78 Å². The summed E-state index contributed by atoms with van der Waals surface area (Å²) < 4.78 is 2.14. The van der Waals surface area contributed by atoms with Crippen molar-refractivity contribution in [2.75, 3.05) is 5.32 Å². The van der Waals surface area contributed by atoms with Crippen LogP contribution < -0.4 is 5.32 Å². The first-order valence-corrected chi connectivity index (χ1v) is 8.31. The Hall–Kier alpha value is -3.14. The molecule has 4 aromatic rings. The zero-order valence-electron chi connectivity index (χ0n) is 14.3. The fourth-order valence-corrected chi connectivity index (χ4v) is 3.38. The molecule has 0 bridgehead atoms. The summed E-state index contributed by atoms with van der Waals surface area (Å²) in [6, 6.07) is 17.9. The fourth-order valence-electron chi connectivity index (χ4n) is 3.38. The number of nitrogens with zero attached hydrogens (tertiary/aromatic N) is 2. The highest BCUT2D eigenvalue weighted by molar-refractivity contribution is 6.02. The van der Waals surface area contributed by atoms with E-state index in [2.05, 4.69) is 33.9 Å². The van der Waals surface area contributed by atoms with Crippen LogP contribution >= 0.6 is 0 Å².